The predicted octanol–water partition coefficient (Wildman–Crippen LogP) is 0.412. The Labute approximate surface area is 114 Å². The maximum atomic E-state index is 8.27. The number of imidazole rings is 1. The van der Waals surface area contributed by atoms with Crippen molar-refractivity contribution in [3.8, 4) is 12.1 Å². The largest absolute Gasteiger partial charge is 0.362 e. The molecule has 0 atom stereocenters. The van der Waals surface area contributed by atoms with Gasteiger partial charge in [-0.3, -0.25) is 0 Å². The van der Waals surface area contributed by atoms with Gasteiger partial charge in [-0.05, 0) is 0 Å². The van der Waals surface area contributed by atoms with Crippen LogP contribution >= 0.6 is 0 Å². The van der Waals surface area contributed by atoms with Crippen LogP contribution < -0.4 is 4.57 Å². The second-order valence-corrected chi connectivity index (χ2v) is 4.33. The number of hydrogen-bond donors (Lipinski definition) is 0. The third-order valence-electron chi connectivity index (χ3n) is 2.52. The normalized spacial score (nSPS) is 12.6. The van der Waals surface area contributed by atoms with E-state index < -0.39 is 0 Å². The monoisotopic (exact) mass is 259 g/mol. The summed E-state index contributed by atoms with van der Waals surface area (Å²) < 4.78 is 3.95. The Balaban J connectivity index is 0.000000191. The van der Waals surface area contributed by atoms with Crippen molar-refractivity contribution in [3.05, 3.63) is 31.1 Å². The molecule has 0 amide bonds. The minimum absolute atomic E-state index is 0.487. The Morgan fingerprint density at radius 3 is 2.53 bits per heavy atom. The Morgan fingerprint density at radius 2 is 2.05 bits per heavy atom. The second kappa shape index (κ2) is 7.78. The van der Waals surface area contributed by atoms with E-state index in [1.165, 1.54) is 0 Å². The standard InChI is InChI=1S/C7H10N3.C6H9N3/c1-9-5-6-10(7-9)4-2-3-8;1-8-4-5-9(6-8)3-2-7/h5-7H,2,4H2,1H3;4-5H,3,6H2,1H3/q+1;. The van der Waals surface area contributed by atoms with E-state index in [0.717, 1.165) is 13.2 Å². The molecule has 0 saturated carbocycles. The van der Waals surface area contributed by atoms with Gasteiger partial charge in [0.1, 0.15) is 25.5 Å². The topological polar surface area (TPSA) is 62.9 Å². The van der Waals surface area contributed by atoms with Crippen molar-refractivity contribution < 1.29 is 4.57 Å². The minimum atomic E-state index is 0.487. The van der Waals surface area contributed by atoms with Gasteiger partial charge in [-0.1, -0.05) is 0 Å². The fourth-order valence-corrected chi connectivity index (χ4v) is 1.60. The molecule has 6 nitrogen and oxygen atoms in total. The van der Waals surface area contributed by atoms with E-state index in [0.29, 0.717) is 13.0 Å². The van der Waals surface area contributed by atoms with Gasteiger partial charge in [-0.25, -0.2) is 9.13 Å². The lowest BCUT2D eigenvalue weighted by Gasteiger charge is -2.13. The molecule has 0 aromatic carbocycles. The molecule has 19 heavy (non-hydrogen) atoms. The molecule has 100 valence electrons. The molecule has 0 fully saturated rings. The highest BCUT2D eigenvalue weighted by Gasteiger charge is 2.05. The van der Waals surface area contributed by atoms with Crippen LogP contribution in [-0.4, -0.2) is 34.6 Å². The van der Waals surface area contributed by atoms with Crippen molar-refractivity contribution in [1.82, 2.24) is 14.4 Å². The quantitative estimate of drug-likeness (QED) is 0.583. The van der Waals surface area contributed by atoms with Gasteiger partial charge in [-0.15, -0.1) is 0 Å². The average molecular weight is 259 g/mol. The molecule has 0 unspecified atom stereocenters. The number of aromatic nitrogens is 2. The van der Waals surface area contributed by atoms with Crippen LogP contribution in [0, 0.1) is 22.7 Å². The first-order valence-electron chi connectivity index (χ1n) is 6.03. The fourth-order valence-electron chi connectivity index (χ4n) is 1.60. The lowest BCUT2D eigenvalue weighted by Crippen LogP contribution is -2.23. The van der Waals surface area contributed by atoms with Crippen molar-refractivity contribution in [2.45, 2.75) is 13.0 Å². The molecule has 1 aromatic heterocycles. The molecule has 6 heteroatoms. The Bertz CT molecular complexity index is 490. The third-order valence-corrected chi connectivity index (χ3v) is 2.52. The van der Waals surface area contributed by atoms with Gasteiger partial charge in [0.15, 0.2) is 0 Å². The summed E-state index contributed by atoms with van der Waals surface area (Å²) in [4.78, 5) is 3.97. The number of hydrogen-bond acceptors (Lipinski definition) is 4. The molecular formula is C13H19N6+. The lowest BCUT2D eigenvalue weighted by atomic mass is 10.5. The van der Waals surface area contributed by atoms with Gasteiger partial charge in [0.05, 0.1) is 32.3 Å². The summed E-state index contributed by atoms with van der Waals surface area (Å²) in [6.45, 7) is 2.12. The first-order chi connectivity index (χ1) is 9.15. The van der Waals surface area contributed by atoms with Crippen LogP contribution in [0.3, 0.4) is 0 Å². The van der Waals surface area contributed by atoms with Crippen molar-refractivity contribution >= 4 is 0 Å². The molecule has 0 saturated heterocycles. The van der Waals surface area contributed by atoms with Gasteiger partial charge in [0, 0.05) is 19.4 Å². The summed E-state index contributed by atoms with van der Waals surface area (Å²) in [6, 6.07) is 4.17. The maximum Gasteiger partial charge on any atom is 0.243 e. The molecule has 1 aliphatic rings. The number of aryl methyl sites for hydroxylation is 2. The number of nitriles is 2. The Hall–Kier alpha value is -2.47. The van der Waals surface area contributed by atoms with Crippen LogP contribution in [0.1, 0.15) is 6.42 Å². The predicted molar refractivity (Wildman–Crippen MR) is 69.9 cm³/mol. The number of nitrogens with zero attached hydrogens (tertiary/aromatic N) is 6. The highest BCUT2D eigenvalue weighted by Crippen LogP contribution is 2.00. The molecule has 0 spiro atoms. The zero-order valence-electron chi connectivity index (χ0n) is 11.4. The van der Waals surface area contributed by atoms with Gasteiger partial charge in [0.25, 0.3) is 0 Å². The van der Waals surface area contributed by atoms with Crippen LogP contribution in [0.2, 0.25) is 0 Å². The van der Waals surface area contributed by atoms with E-state index in [1.807, 2.05) is 64.2 Å². The van der Waals surface area contributed by atoms with Crippen LogP contribution in [0.25, 0.3) is 0 Å². The lowest BCUT2D eigenvalue weighted by molar-refractivity contribution is -0.671. The van der Waals surface area contributed by atoms with Gasteiger partial charge in [0.2, 0.25) is 6.33 Å². The van der Waals surface area contributed by atoms with Gasteiger partial charge < -0.3 is 9.80 Å². The Morgan fingerprint density at radius 1 is 1.26 bits per heavy atom. The highest BCUT2D eigenvalue weighted by atomic mass is 15.3. The second-order valence-electron chi connectivity index (χ2n) is 4.33. The summed E-state index contributed by atoms with van der Waals surface area (Å²) in [7, 11) is 3.94. The summed E-state index contributed by atoms with van der Waals surface area (Å²) in [6.07, 6.45) is 10.3. The maximum absolute atomic E-state index is 8.27. The fraction of sp³-hybridized carbons (Fsp3) is 0.462. The van der Waals surface area contributed by atoms with E-state index in [1.54, 1.807) is 0 Å². The minimum Gasteiger partial charge on any atom is -0.362 e. The molecule has 2 rings (SSSR count). The molecule has 0 bridgehead atoms. The van der Waals surface area contributed by atoms with Crippen LogP contribution in [-0.2, 0) is 13.6 Å². The van der Waals surface area contributed by atoms with Gasteiger partial charge in [-0.2, -0.15) is 10.5 Å². The SMILES string of the molecule is CN1C=CN(CC#N)C1.C[n+]1ccn(CCC#N)c1. The van der Waals surface area contributed by atoms with E-state index in [4.69, 9.17) is 10.5 Å². The van der Waals surface area contributed by atoms with Gasteiger partial charge >= 0.3 is 0 Å². The van der Waals surface area contributed by atoms with Crippen molar-refractivity contribution in [3.63, 3.8) is 0 Å². The molecule has 0 aliphatic carbocycles. The molecule has 0 radical (unpaired) electrons. The number of rotatable bonds is 3. The first kappa shape index (κ1) is 14.6. The summed E-state index contributed by atoms with van der Waals surface area (Å²) in [5.74, 6) is 0. The zero-order valence-corrected chi connectivity index (χ0v) is 11.4. The Kier molecular flexibility index (Phi) is 5.97. The summed E-state index contributed by atoms with van der Waals surface area (Å²) in [5, 5.41) is 16.5. The molecule has 2 heterocycles. The van der Waals surface area contributed by atoms with Crippen molar-refractivity contribution in [2.75, 3.05) is 20.3 Å². The van der Waals surface area contributed by atoms with E-state index in [9.17, 15) is 0 Å². The molecule has 0 N–H and O–H groups in total. The highest BCUT2D eigenvalue weighted by molar-refractivity contribution is 4.92. The van der Waals surface area contributed by atoms with Crippen LogP contribution in [0.5, 0.6) is 0 Å². The van der Waals surface area contributed by atoms with Crippen LogP contribution in [0.15, 0.2) is 31.1 Å². The smallest absolute Gasteiger partial charge is 0.243 e. The summed E-state index contributed by atoms with van der Waals surface area (Å²) in [5.41, 5.74) is 0. The van der Waals surface area contributed by atoms with Crippen LogP contribution in [0.4, 0.5) is 0 Å². The first-order valence-corrected chi connectivity index (χ1v) is 6.03. The average Bonchev–Trinajstić information content (AvgIpc) is 2.97. The summed E-state index contributed by atoms with van der Waals surface area (Å²) >= 11 is 0. The van der Waals surface area contributed by atoms with E-state index >= 15 is 0 Å². The van der Waals surface area contributed by atoms with Crippen molar-refractivity contribution in [1.29, 1.82) is 10.5 Å². The zero-order chi connectivity index (χ0) is 14.1. The molecule has 1 aliphatic heterocycles. The third kappa shape index (κ3) is 5.60. The molecule has 1 aromatic rings. The van der Waals surface area contributed by atoms with Crippen molar-refractivity contribution in [2.24, 2.45) is 7.05 Å². The molecular weight excluding hydrogens is 240 g/mol. The van der Waals surface area contributed by atoms with E-state index in [2.05, 4.69) is 12.1 Å². The van der Waals surface area contributed by atoms with E-state index in [-0.39, 0.29) is 0 Å².